The molecule has 2 aromatic carbocycles. The topological polar surface area (TPSA) is 48.4 Å². The first-order valence-electron chi connectivity index (χ1n) is 7.66. The molecule has 6 heteroatoms. The second-order valence-corrected chi connectivity index (χ2v) is 5.81. The number of para-hydroxylation sites is 1. The van der Waals surface area contributed by atoms with Gasteiger partial charge in [-0.05, 0) is 43.3 Å². The molecule has 0 saturated heterocycles. The predicted octanol–water partition coefficient (Wildman–Crippen LogP) is 4.54. The van der Waals surface area contributed by atoms with Crippen molar-refractivity contribution in [2.24, 2.45) is 0 Å². The van der Waals surface area contributed by atoms with Crippen molar-refractivity contribution < 1.29 is 18.7 Å². The van der Waals surface area contributed by atoms with Crippen molar-refractivity contribution in [3.05, 3.63) is 71.1 Å². The fraction of sp³-hybridized carbons (Fsp3) is 0.158. The molecule has 0 aliphatic heterocycles. The van der Waals surface area contributed by atoms with Crippen molar-refractivity contribution in [3.8, 4) is 5.75 Å². The van der Waals surface area contributed by atoms with Crippen LogP contribution in [0.15, 0.2) is 54.6 Å². The Balaban J connectivity index is 1.63. The Morgan fingerprint density at radius 3 is 2.68 bits per heavy atom. The van der Waals surface area contributed by atoms with E-state index in [0.717, 1.165) is 10.9 Å². The highest BCUT2D eigenvalue weighted by molar-refractivity contribution is 6.30. The summed E-state index contributed by atoms with van der Waals surface area (Å²) in [5.74, 6) is -0.536. The van der Waals surface area contributed by atoms with Crippen LogP contribution in [0, 0.1) is 5.82 Å². The minimum absolute atomic E-state index is 0.00732. The van der Waals surface area contributed by atoms with E-state index in [1.165, 1.54) is 24.3 Å². The molecular weight excluding hydrogens is 345 g/mol. The summed E-state index contributed by atoms with van der Waals surface area (Å²) < 4.78 is 23.6. The minimum Gasteiger partial charge on any atom is -0.479 e. The second-order valence-electron chi connectivity index (χ2n) is 5.45. The van der Waals surface area contributed by atoms with Gasteiger partial charge in [0.1, 0.15) is 23.3 Å². The molecule has 0 N–H and O–H groups in total. The van der Waals surface area contributed by atoms with E-state index in [-0.39, 0.29) is 12.4 Å². The van der Waals surface area contributed by atoms with Crippen molar-refractivity contribution in [1.29, 1.82) is 0 Å². The minimum atomic E-state index is -0.836. The van der Waals surface area contributed by atoms with Crippen molar-refractivity contribution >= 4 is 28.5 Å². The largest absolute Gasteiger partial charge is 0.479 e. The molecule has 25 heavy (non-hydrogen) atoms. The molecule has 1 heterocycles. The highest BCUT2D eigenvalue weighted by atomic mass is 35.5. The summed E-state index contributed by atoms with van der Waals surface area (Å²) in [6, 6.07) is 14.8. The molecule has 0 spiro atoms. The van der Waals surface area contributed by atoms with Gasteiger partial charge in [-0.1, -0.05) is 29.8 Å². The molecule has 0 unspecified atom stereocenters. The number of benzene rings is 2. The lowest BCUT2D eigenvalue weighted by molar-refractivity contribution is -0.152. The summed E-state index contributed by atoms with van der Waals surface area (Å²) in [5.41, 5.74) is 1.39. The highest BCUT2D eigenvalue weighted by Crippen LogP contribution is 2.21. The van der Waals surface area contributed by atoms with E-state index in [9.17, 15) is 9.18 Å². The first-order chi connectivity index (χ1) is 12.0. The predicted molar refractivity (Wildman–Crippen MR) is 93.0 cm³/mol. The van der Waals surface area contributed by atoms with Gasteiger partial charge < -0.3 is 9.47 Å². The number of nitrogens with zero attached hydrogens (tertiary/aromatic N) is 1. The molecular formula is C19H15ClFNO3. The molecule has 0 saturated carbocycles. The van der Waals surface area contributed by atoms with Crippen LogP contribution in [-0.4, -0.2) is 17.1 Å². The second kappa shape index (κ2) is 7.49. The van der Waals surface area contributed by atoms with Gasteiger partial charge in [0.25, 0.3) is 0 Å². The van der Waals surface area contributed by atoms with Crippen molar-refractivity contribution in [2.75, 3.05) is 0 Å². The monoisotopic (exact) mass is 359 g/mol. The number of aromatic nitrogens is 1. The van der Waals surface area contributed by atoms with Crippen LogP contribution in [0.5, 0.6) is 5.75 Å². The molecule has 3 rings (SSSR count). The summed E-state index contributed by atoms with van der Waals surface area (Å²) >= 11 is 6.14. The van der Waals surface area contributed by atoms with Gasteiger partial charge >= 0.3 is 5.97 Å². The number of hydrogen-bond donors (Lipinski definition) is 0. The number of rotatable bonds is 5. The van der Waals surface area contributed by atoms with Gasteiger partial charge in [0, 0.05) is 10.9 Å². The van der Waals surface area contributed by atoms with Crippen LogP contribution in [-0.2, 0) is 16.1 Å². The maximum Gasteiger partial charge on any atom is 0.347 e. The zero-order valence-electron chi connectivity index (χ0n) is 13.4. The normalized spacial score (nSPS) is 12.0. The zero-order valence-corrected chi connectivity index (χ0v) is 14.2. The molecule has 0 aliphatic rings. The average Bonchev–Trinajstić information content (AvgIpc) is 2.61. The summed E-state index contributed by atoms with van der Waals surface area (Å²) in [5, 5.41) is 1.20. The first-order valence-corrected chi connectivity index (χ1v) is 8.04. The number of carbonyl (C=O) groups excluding carboxylic acids is 1. The lowest BCUT2D eigenvalue weighted by Crippen LogP contribution is -2.26. The third-order valence-electron chi connectivity index (χ3n) is 3.58. The van der Waals surface area contributed by atoms with Crippen LogP contribution in [0.3, 0.4) is 0 Å². The highest BCUT2D eigenvalue weighted by Gasteiger charge is 2.17. The van der Waals surface area contributed by atoms with E-state index in [1.807, 2.05) is 30.3 Å². The number of esters is 1. The smallest absolute Gasteiger partial charge is 0.347 e. The van der Waals surface area contributed by atoms with Crippen molar-refractivity contribution in [1.82, 2.24) is 4.98 Å². The molecule has 0 fully saturated rings. The van der Waals surface area contributed by atoms with Crippen LogP contribution in [0.2, 0.25) is 5.15 Å². The van der Waals surface area contributed by atoms with Crippen LogP contribution in [0.1, 0.15) is 12.5 Å². The fourth-order valence-corrected chi connectivity index (χ4v) is 2.47. The number of halogens is 2. The molecule has 1 atom stereocenters. The van der Waals surface area contributed by atoms with Gasteiger partial charge in [0.2, 0.25) is 0 Å². The molecule has 3 aromatic rings. The van der Waals surface area contributed by atoms with Gasteiger partial charge in [-0.3, -0.25) is 0 Å². The fourth-order valence-electron chi connectivity index (χ4n) is 2.27. The van der Waals surface area contributed by atoms with E-state index in [1.54, 1.807) is 6.92 Å². The third-order valence-corrected chi connectivity index (χ3v) is 3.91. The Kier molecular flexibility index (Phi) is 5.14. The Labute approximate surface area is 149 Å². The molecule has 0 aliphatic carbocycles. The van der Waals surface area contributed by atoms with Crippen molar-refractivity contribution in [3.63, 3.8) is 0 Å². The summed E-state index contributed by atoms with van der Waals surface area (Å²) in [4.78, 5) is 16.4. The maximum absolute atomic E-state index is 12.9. The van der Waals surface area contributed by atoms with E-state index in [2.05, 4.69) is 4.98 Å². The summed E-state index contributed by atoms with van der Waals surface area (Å²) in [6.45, 7) is 1.55. The number of fused-ring (bicyclic) bond motifs is 1. The third kappa shape index (κ3) is 4.25. The molecule has 128 valence electrons. The Morgan fingerprint density at radius 2 is 1.92 bits per heavy atom. The first kappa shape index (κ1) is 17.2. The van der Waals surface area contributed by atoms with E-state index >= 15 is 0 Å². The molecule has 0 bridgehead atoms. The maximum atomic E-state index is 12.9. The Hall–Kier alpha value is -2.66. The molecule has 0 radical (unpaired) electrons. The van der Waals surface area contributed by atoms with E-state index in [4.69, 9.17) is 21.1 Å². The lowest BCUT2D eigenvalue weighted by atomic mass is 10.2. The van der Waals surface area contributed by atoms with E-state index in [0.29, 0.717) is 16.5 Å². The summed E-state index contributed by atoms with van der Waals surface area (Å²) in [6.07, 6.45) is -0.836. The average molecular weight is 360 g/mol. The zero-order chi connectivity index (χ0) is 17.8. The van der Waals surface area contributed by atoms with Crippen LogP contribution < -0.4 is 4.74 Å². The standard InChI is InChI=1S/C19H15ClFNO3/c1-12(25-16-8-6-15(21)7-9-16)19(23)24-11-14-10-13-4-2-3-5-17(13)22-18(14)20/h2-10,12H,11H2,1H3/t12-/m0/s1. The van der Waals surface area contributed by atoms with Gasteiger partial charge in [0.15, 0.2) is 6.10 Å². The number of carbonyl (C=O) groups is 1. The molecule has 0 amide bonds. The van der Waals surface area contributed by atoms with Gasteiger partial charge in [0.05, 0.1) is 5.52 Å². The Bertz CT molecular complexity index is 899. The molecule has 1 aromatic heterocycles. The van der Waals surface area contributed by atoms with Gasteiger partial charge in [-0.25, -0.2) is 14.2 Å². The summed E-state index contributed by atoms with van der Waals surface area (Å²) in [7, 11) is 0. The number of hydrogen-bond acceptors (Lipinski definition) is 4. The number of ether oxygens (including phenoxy) is 2. The van der Waals surface area contributed by atoms with Gasteiger partial charge in [-0.15, -0.1) is 0 Å². The SMILES string of the molecule is C[C@H](Oc1ccc(F)cc1)C(=O)OCc1cc2ccccc2nc1Cl. The van der Waals surface area contributed by atoms with Crippen LogP contribution >= 0.6 is 11.6 Å². The quantitative estimate of drug-likeness (QED) is 0.495. The molecule has 4 nitrogen and oxygen atoms in total. The lowest BCUT2D eigenvalue weighted by Gasteiger charge is -2.14. The van der Waals surface area contributed by atoms with Crippen LogP contribution in [0.25, 0.3) is 10.9 Å². The van der Waals surface area contributed by atoms with Crippen LogP contribution in [0.4, 0.5) is 4.39 Å². The van der Waals surface area contributed by atoms with Gasteiger partial charge in [-0.2, -0.15) is 0 Å². The number of pyridine rings is 1. The van der Waals surface area contributed by atoms with Crippen molar-refractivity contribution in [2.45, 2.75) is 19.6 Å². The Morgan fingerprint density at radius 1 is 1.20 bits per heavy atom. The van der Waals surface area contributed by atoms with E-state index < -0.39 is 12.1 Å².